The zero-order chi connectivity index (χ0) is 15.3. The van der Waals surface area contributed by atoms with Gasteiger partial charge in [0.15, 0.2) is 0 Å². The van der Waals surface area contributed by atoms with Gasteiger partial charge in [-0.15, -0.1) is 0 Å². The van der Waals surface area contributed by atoms with Crippen molar-refractivity contribution in [3.05, 3.63) is 0 Å². The van der Waals surface area contributed by atoms with Crippen LogP contribution in [-0.4, -0.2) is 52.8 Å². The van der Waals surface area contributed by atoms with Gasteiger partial charge >= 0.3 is 5.97 Å². The lowest BCUT2D eigenvalue weighted by Crippen LogP contribution is -2.44. The molecule has 0 radical (unpaired) electrons. The summed E-state index contributed by atoms with van der Waals surface area (Å²) in [4.78, 5) is 46.7. The van der Waals surface area contributed by atoms with Gasteiger partial charge in [-0.25, -0.2) is 4.79 Å². The zero-order valence-electron chi connectivity index (χ0n) is 11.3. The Morgan fingerprint density at radius 3 is 2.60 bits per heavy atom. The maximum Gasteiger partial charge on any atom is 0.326 e. The van der Waals surface area contributed by atoms with Gasteiger partial charge in [0.1, 0.15) is 6.04 Å². The highest BCUT2D eigenvalue weighted by atomic mass is 16.4. The molecule has 8 nitrogen and oxygen atoms in total. The number of nitrogens with one attached hydrogen (secondary N) is 1. The minimum absolute atomic E-state index is 0.0609. The molecule has 0 aromatic heterocycles. The smallest absolute Gasteiger partial charge is 0.326 e. The summed E-state index contributed by atoms with van der Waals surface area (Å²) in [7, 11) is 0. The monoisotopic (exact) mass is 285 g/mol. The van der Waals surface area contributed by atoms with Crippen LogP contribution in [0.15, 0.2) is 0 Å². The highest BCUT2D eigenvalue weighted by Crippen LogP contribution is 2.17. The Hall–Kier alpha value is -2.12. The highest BCUT2D eigenvalue weighted by molar-refractivity contribution is 5.91. The minimum atomic E-state index is -1.23. The lowest BCUT2D eigenvalue weighted by Gasteiger charge is -2.17. The van der Waals surface area contributed by atoms with E-state index in [1.165, 1.54) is 0 Å². The van der Waals surface area contributed by atoms with Crippen LogP contribution in [0.2, 0.25) is 0 Å². The lowest BCUT2D eigenvalue weighted by molar-refractivity contribution is -0.142. The summed E-state index contributed by atoms with van der Waals surface area (Å²) in [5.41, 5.74) is 4.95. The number of nitrogens with two attached hydrogens (primary N) is 1. The van der Waals surface area contributed by atoms with Crippen molar-refractivity contribution in [2.45, 2.75) is 32.2 Å². The first kappa shape index (κ1) is 15.9. The third kappa shape index (κ3) is 4.22. The number of primary amides is 1. The van der Waals surface area contributed by atoms with Crippen LogP contribution in [0.1, 0.15) is 26.2 Å². The van der Waals surface area contributed by atoms with Crippen molar-refractivity contribution in [2.75, 3.05) is 13.1 Å². The number of hydrogen-bond donors (Lipinski definition) is 3. The number of carboxylic acids is 1. The highest BCUT2D eigenvalue weighted by Gasteiger charge is 2.35. The van der Waals surface area contributed by atoms with Crippen LogP contribution in [0.25, 0.3) is 0 Å². The predicted molar refractivity (Wildman–Crippen MR) is 68.4 cm³/mol. The fraction of sp³-hybridized carbons (Fsp3) is 0.667. The van der Waals surface area contributed by atoms with E-state index in [9.17, 15) is 19.2 Å². The molecule has 2 atom stereocenters. The van der Waals surface area contributed by atoms with Crippen LogP contribution in [-0.2, 0) is 19.2 Å². The maximum absolute atomic E-state index is 11.9. The summed E-state index contributed by atoms with van der Waals surface area (Å²) in [6, 6.07) is -1.17. The number of carbonyl (C=O) groups excluding carboxylic acids is 3. The van der Waals surface area contributed by atoms with E-state index in [-0.39, 0.29) is 25.2 Å². The standard InChI is InChI=1S/C12H19N3O5/c1-2-15-6-7(5-10(15)17)11(18)14-8(12(19)20)3-4-9(13)16/h7-8H,2-6H2,1H3,(H2,13,16)(H,14,18)(H,19,20)/t7?,8-/m0/s1. The molecule has 8 heteroatoms. The fourth-order valence-electron chi connectivity index (χ4n) is 2.09. The van der Waals surface area contributed by atoms with Gasteiger partial charge in [-0.3, -0.25) is 14.4 Å². The van der Waals surface area contributed by atoms with E-state index in [4.69, 9.17) is 10.8 Å². The Bertz CT molecular complexity index is 423. The lowest BCUT2D eigenvalue weighted by atomic mass is 10.1. The van der Waals surface area contributed by atoms with Crippen LogP contribution in [0, 0.1) is 5.92 Å². The molecule has 0 aromatic carbocycles. The first-order chi connectivity index (χ1) is 9.35. The summed E-state index contributed by atoms with van der Waals surface area (Å²) in [5.74, 6) is -2.99. The largest absolute Gasteiger partial charge is 0.480 e. The van der Waals surface area contributed by atoms with Gasteiger partial charge < -0.3 is 21.1 Å². The van der Waals surface area contributed by atoms with Gasteiger partial charge in [-0.05, 0) is 13.3 Å². The molecule has 4 N–H and O–H groups in total. The zero-order valence-corrected chi connectivity index (χ0v) is 11.3. The van der Waals surface area contributed by atoms with E-state index >= 15 is 0 Å². The third-order valence-corrected chi connectivity index (χ3v) is 3.26. The number of rotatable bonds is 7. The van der Waals surface area contributed by atoms with Crippen molar-refractivity contribution < 1.29 is 24.3 Å². The molecule has 1 fully saturated rings. The summed E-state index contributed by atoms with van der Waals surface area (Å²) >= 11 is 0. The average Bonchev–Trinajstić information content (AvgIpc) is 2.75. The van der Waals surface area contributed by atoms with Gasteiger partial charge in [0.05, 0.1) is 5.92 Å². The molecule has 0 bridgehead atoms. The average molecular weight is 285 g/mol. The number of likely N-dealkylation sites (tertiary alicyclic amines) is 1. The van der Waals surface area contributed by atoms with E-state index in [1.807, 2.05) is 6.92 Å². The summed E-state index contributed by atoms with van der Waals surface area (Å²) in [6.07, 6.45) is -0.0989. The van der Waals surface area contributed by atoms with Crippen molar-refractivity contribution in [1.29, 1.82) is 0 Å². The van der Waals surface area contributed by atoms with E-state index in [0.29, 0.717) is 13.1 Å². The second-order valence-corrected chi connectivity index (χ2v) is 4.74. The van der Waals surface area contributed by atoms with Crippen LogP contribution in [0.5, 0.6) is 0 Å². The Balaban J connectivity index is 2.56. The van der Waals surface area contributed by atoms with Crippen LogP contribution in [0.3, 0.4) is 0 Å². The number of hydrogen-bond acceptors (Lipinski definition) is 4. The second-order valence-electron chi connectivity index (χ2n) is 4.74. The third-order valence-electron chi connectivity index (χ3n) is 3.26. The molecule has 1 aliphatic rings. The van der Waals surface area contributed by atoms with Crippen molar-refractivity contribution in [1.82, 2.24) is 10.2 Å². The molecule has 0 aromatic rings. The van der Waals surface area contributed by atoms with E-state index < -0.39 is 29.7 Å². The van der Waals surface area contributed by atoms with Gasteiger partial charge in [0.2, 0.25) is 17.7 Å². The first-order valence-electron chi connectivity index (χ1n) is 6.44. The summed E-state index contributed by atoms with van der Waals surface area (Å²) < 4.78 is 0. The number of amides is 3. The predicted octanol–water partition coefficient (Wildman–Crippen LogP) is -1.31. The van der Waals surface area contributed by atoms with Crippen molar-refractivity contribution in [2.24, 2.45) is 11.7 Å². The van der Waals surface area contributed by atoms with Crippen LogP contribution in [0.4, 0.5) is 0 Å². The molecule has 1 heterocycles. The Morgan fingerprint density at radius 2 is 2.15 bits per heavy atom. The van der Waals surface area contributed by atoms with E-state index in [1.54, 1.807) is 4.90 Å². The number of carbonyl (C=O) groups is 4. The van der Waals surface area contributed by atoms with Gasteiger partial charge in [0, 0.05) is 25.9 Å². The molecule has 112 valence electrons. The SMILES string of the molecule is CCN1CC(C(=O)N[C@@H](CCC(N)=O)C(=O)O)CC1=O. The quantitative estimate of drug-likeness (QED) is 0.534. The van der Waals surface area contributed by atoms with E-state index in [0.717, 1.165) is 0 Å². The minimum Gasteiger partial charge on any atom is -0.480 e. The Labute approximate surface area is 116 Å². The second kappa shape index (κ2) is 6.88. The molecule has 1 rings (SSSR count). The van der Waals surface area contributed by atoms with E-state index in [2.05, 4.69) is 5.32 Å². The number of aliphatic carboxylic acids is 1. The molecule has 1 aliphatic heterocycles. The van der Waals surface area contributed by atoms with Crippen molar-refractivity contribution >= 4 is 23.7 Å². The summed E-state index contributed by atoms with van der Waals surface area (Å²) in [6.45, 7) is 2.63. The normalized spacial score (nSPS) is 19.8. The topological polar surface area (TPSA) is 130 Å². The van der Waals surface area contributed by atoms with Crippen molar-refractivity contribution in [3.63, 3.8) is 0 Å². The molecule has 1 saturated heterocycles. The summed E-state index contributed by atoms with van der Waals surface area (Å²) in [5, 5.41) is 11.3. The first-order valence-corrected chi connectivity index (χ1v) is 6.44. The molecular formula is C12H19N3O5. The van der Waals surface area contributed by atoms with Crippen LogP contribution >= 0.6 is 0 Å². The fourth-order valence-corrected chi connectivity index (χ4v) is 2.09. The molecular weight excluding hydrogens is 266 g/mol. The van der Waals surface area contributed by atoms with Crippen LogP contribution < -0.4 is 11.1 Å². The molecule has 0 saturated carbocycles. The molecule has 3 amide bonds. The van der Waals surface area contributed by atoms with Gasteiger partial charge in [-0.2, -0.15) is 0 Å². The van der Waals surface area contributed by atoms with Gasteiger partial charge in [0.25, 0.3) is 0 Å². The maximum atomic E-state index is 11.9. The molecule has 1 unspecified atom stereocenters. The number of carboxylic acid groups (broad SMARTS) is 1. The molecule has 0 aliphatic carbocycles. The Morgan fingerprint density at radius 1 is 1.50 bits per heavy atom. The molecule has 0 spiro atoms. The molecule has 20 heavy (non-hydrogen) atoms. The van der Waals surface area contributed by atoms with Crippen molar-refractivity contribution in [3.8, 4) is 0 Å². The van der Waals surface area contributed by atoms with Gasteiger partial charge in [-0.1, -0.05) is 0 Å². The number of nitrogens with zero attached hydrogens (tertiary/aromatic N) is 1. The Kier molecular flexibility index (Phi) is 5.48.